The molecule has 2 fully saturated rings. The molecule has 4 rings (SSSR count). The first-order valence-corrected chi connectivity index (χ1v) is 11.0. The van der Waals surface area contributed by atoms with E-state index < -0.39 is 5.54 Å². The van der Waals surface area contributed by atoms with Gasteiger partial charge in [-0.3, -0.25) is 9.59 Å². The molecule has 152 valence electrons. The molecule has 3 aliphatic rings. The standard InChI is InChI=1S/C23H33N3O2/c1-17(2)7-6-14-26-20-11-4-3-10-19(20)24-23(22(26)28)12-15-25(16-13-23)21(27)18-8-5-9-18/h3-4,10-11,17-18,24H,5-9,12-16H2,1-2H3. The Morgan fingerprint density at radius 3 is 2.57 bits per heavy atom. The van der Waals surface area contributed by atoms with Gasteiger partial charge in [-0.25, -0.2) is 0 Å². The van der Waals surface area contributed by atoms with Crippen molar-refractivity contribution >= 4 is 23.2 Å². The minimum absolute atomic E-state index is 0.186. The highest BCUT2D eigenvalue weighted by Gasteiger charge is 2.48. The van der Waals surface area contributed by atoms with Crippen LogP contribution in [0, 0.1) is 11.8 Å². The Hall–Kier alpha value is -2.04. The lowest BCUT2D eigenvalue weighted by molar-refractivity contribution is -0.141. The fourth-order valence-corrected chi connectivity index (χ4v) is 4.73. The van der Waals surface area contributed by atoms with Crippen LogP contribution in [0.3, 0.4) is 0 Å². The summed E-state index contributed by atoms with van der Waals surface area (Å²) in [5.74, 6) is 1.37. The van der Waals surface area contributed by atoms with Crippen molar-refractivity contribution in [3.8, 4) is 0 Å². The van der Waals surface area contributed by atoms with Crippen LogP contribution in [0.25, 0.3) is 0 Å². The second-order valence-corrected chi connectivity index (χ2v) is 9.17. The first-order valence-electron chi connectivity index (χ1n) is 11.0. The first kappa shape index (κ1) is 19.3. The summed E-state index contributed by atoms with van der Waals surface area (Å²) in [7, 11) is 0. The average Bonchev–Trinajstić information content (AvgIpc) is 2.64. The topological polar surface area (TPSA) is 52.7 Å². The van der Waals surface area contributed by atoms with Crippen LogP contribution in [0.1, 0.15) is 58.8 Å². The van der Waals surface area contributed by atoms with Gasteiger partial charge < -0.3 is 15.1 Å². The van der Waals surface area contributed by atoms with Gasteiger partial charge >= 0.3 is 0 Å². The number of carbonyl (C=O) groups excluding carboxylic acids is 2. The van der Waals surface area contributed by atoms with Crippen LogP contribution in [0.15, 0.2) is 24.3 Å². The monoisotopic (exact) mass is 383 g/mol. The van der Waals surface area contributed by atoms with Gasteiger partial charge in [0.05, 0.1) is 11.4 Å². The molecular formula is C23H33N3O2. The number of hydrogen-bond donors (Lipinski definition) is 1. The molecule has 5 heteroatoms. The highest BCUT2D eigenvalue weighted by Crippen LogP contribution is 2.40. The maximum Gasteiger partial charge on any atom is 0.252 e. The molecule has 1 aromatic carbocycles. The molecule has 2 heterocycles. The van der Waals surface area contributed by atoms with Crippen molar-refractivity contribution in [2.24, 2.45) is 11.8 Å². The maximum absolute atomic E-state index is 13.6. The summed E-state index contributed by atoms with van der Waals surface area (Å²) in [6.07, 6.45) is 6.77. The summed E-state index contributed by atoms with van der Waals surface area (Å²) < 4.78 is 0. The zero-order valence-corrected chi connectivity index (χ0v) is 17.2. The highest BCUT2D eigenvalue weighted by molar-refractivity contribution is 6.08. The second kappa shape index (κ2) is 7.76. The lowest BCUT2D eigenvalue weighted by atomic mass is 9.81. The molecule has 5 nitrogen and oxygen atoms in total. The predicted molar refractivity (Wildman–Crippen MR) is 112 cm³/mol. The fraction of sp³-hybridized carbons (Fsp3) is 0.652. The number of anilines is 2. The molecule has 0 radical (unpaired) electrons. The van der Waals surface area contributed by atoms with Gasteiger partial charge in [-0.05, 0) is 56.6 Å². The quantitative estimate of drug-likeness (QED) is 0.835. The summed E-state index contributed by atoms with van der Waals surface area (Å²) in [6, 6.07) is 8.14. The average molecular weight is 384 g/mol. The van der Waals surface area contributed by atoms with E-state index in [-0.39, 0.29) is 11.8 Å². The Morgan fingerprint density at radius 1 is 1.21 bits per heavy atom. The van der Waals surface area contributed by atoms with Crippen molar-refractivity contribution in [3.05, 3.63) is 24.3 Å². The molecule has 2 amide bonds. The first-order chi connectivity index (χ1) is 13.5. The molecule has 0 atom stereocenters. The van der Waals surface area contributed by atoms with Gasteiger partial charge in [0.25, 0.3) is 5.91 Å². The smallest absolute Gasteiger partial charge is 0.252 e. The minimum atomic E-state index is -0.567. The van der Waals surface area contributed by atoms with Crippen LogP contribution in [-0.2, 0) is 9.59 Å². The second-order valence-electron chi connectivity index (χ2n) is 9.17. The third-order valence-corrected chi connectivity index (χ3v) is 6.77. The van der Waals surface area contributed by atoms with Crippen molar-refractivity contribution in [2.75, 3.05) is 29.9 Å². The van der Waals surface area contributed by atoms with Crippen LogP contribution in [0.2, 0.25) is 0 Å². The van der Waals surface area contributed by atoms with Crippen molar-refractivity contribution in [3.63, 3.8) is 0 Å². The van der Waals surface area contributed by atoms with Gasteiger partial charge in [0, 0.05) is 25.6 Å². The van der Waals surface area contributed by atoms with E-state index in [0.717, 1.165) is 43.6 Å². The van der Waals surface area contributed by atoms with Gasteiger partial charge in [0.2, 0.25) is 5.91 Å². The Labute approximate surface area is 168 Å². The molecule has 1 saturated heterocycles. The number of rotatable bonds is 5. The Bertz CT molecular complexity index is 733. The molecule has 1 N–H and O–H groups in total. The van der Waals surface area contributed by atoms with E-state index in [1.165, 1.54) is 6.42 Å². The SMILES string of the molecule is CC(C)CCCN1C(=O)C2(CCN(C(=O)C3CCC3)CC2)Nc2ccccc21. The third-order valence-electron chi connectivity index (χ3n) is 6.77. The molecular weight excluding hydrogens is 350 g/mol. The largest absolute Gasteiger partial charge is 0.369 e. The van der Waals surface area contributed by atoms with Gasteiger partial charge in [0.15, 0.2) is 0 Å². The van der Waals surface area contributed by atoms with Gasteiger partial charge in [0.1, 0.15) is 5.54 Å². The van der Waals surface area contributed by atoms with Gasteiger partial charge in [-0.1, -0.05) is 32.4 Å². The minimum Gasteiger partial charge on any atom is -0.369 e. The number of carbonyl (C=O) groups is 2. The highest BCUT2D eigenvalue weighted by atomic mass is 16.2. The summed E-state index contributed by atoms with van der Waals surface area (Å²) in [4.78, 5) is 30.2. The molecule has 1 aliphatic carbocycles. The summed E-state index contributed by atoms with van der Waals surface area (Å²) in [5.41, 5.74) is 1.48. The fourth-order valence-electron chi connectivity index (χ4n) is 4.73. The van der Waals surface area contributed by atoms with Crippen molar-refractivity contribution in [1.29, 1.82) is 0 Å². The Kier molecular flexibility index (Phi) is 5.35. The van der Waals surface area contributed by atoms with Crippen molar-refractivity contribution < 1.29 is 9.59 Å². The van der Waals surface area contributed by atoms with Gasteiger partial charge in [-0.2, -0.15) is 0 Å². The van der Waals surface area contributed by atoms with Crippen LogP contribution in [0.4, 0.5) is 11.4 Å². The number of likely N-dealkylation sites (tertiary alicyclic amines) is 1. The predicted octanol–water partition coefficient (Wildman–Crippen LogP) is 4.04. The van der Waals surface area contributed by atoms with E-state index in [2.05, 4.69) is 25.2 Å². The van der Waals surface area contributed by atoms with Gasteiger partial charge in [-0.15, -0.1) is 0 Å². The lowest BCUT2D eigenvalue weighted by Crippen LogP contribution is -2.62. The summed E-state index contributed by atoms with van der Waals surface area (Å²) in [6.45, 7) is 6.57. The summed E-state index contributed by atoms with van der Waals surface area (Å²) >= 11 is 0. The number of nitrogens with one attached hydrogen (secondary N) is 1. The molecule has 1 saturated carbocycles. The molecule has 1 aromatic rings. The molecule has 0 aromatic heterocycles. The molecule has 2 aliphatic heterocycles. The Morgan fingerprint density at radius 2 is 1.93 bits per heavy atom. The van der Waals surface area contributed by atoms with Crippen LogP contribution in [-0.4, -0.2) is 41.9 Å². The lowest BCUT2D eigenvalue weighted by Gasteiger charge is -2.48. The van der Waals surface area contributed by atoms with Crippen molar-refractivity contribution in [2.45, 2.75) is 64.3 Å². The molecule has 0 bridgehead atoms. The normalized spacial score (nSPS) is 21.5. The van der Waals surface area contributed by atoms with E-state index >= 15 is 0 Å². The number of benzene rings is 1. The zero-order valence-electron chi connectivity index (χ0n) is 17.2. The number of hydrogen-bond acceptors (Lipinski definition) is 3. The number of nitrogens with zero attached hydrogens (tertiary/aromatic N) is 2. The number of piperidine rings is 1. The van der Waals surface area contributed by atoms with E-state index in [0.29, 0.717) is 37.8 Å². The van der Waals surface area contributed by atoms with E-state index in [1.807, 2.05) is 28.0 Å². The van der Waals surface area contributed by atoms with E-state index in [1.54, 1.807) is 0 Å². The molecule has 28 heavy (non-hydrogen) atoms. The Balaban J connectivity index is 1.50. The van der Waals surface area contributed by atoms with E-state index in [9.17, 15) is 9.59 Å². The molecule has 0 unspecified atom stereocenters. The van der Waals surface area contributed by atoms with Crippen LogP contribution in [0.5, 0.6) is 0 Å². The van der Waals surface area contributed by atoms with E-state index in [4.69, 9.17) is 0 Å². The number of para-hydroxylation sites is 2. The van der Waals surface area contributed by atoms with Crippen LogP contribution >= 0.6 is 0 Å². The van der Waals surface area contributed by atoms with Crippen LogP contribution < -0.4 is 10.2 Å². The van der Waals surface area contributed by atoms with Crippen molar-refractivity contribution in [1.82, 2.24) is 4.90 Å². The number of fused-ring (bicyclic) bond motifs is 1. The number of amides is 2. The molecule has 1 spiro atoms. The summed E-state index contributed by atoms with van der Waals surface area (Å²) in [5, 5.41) is 3.58. The zero-order chi connectivity index (χ0) is 19.7. The third kappa shape index (κ3) is 3.51. The maximum atomic E-state index is 13.6.